The fraction of sp³-hybridized carbons (Fsp3) is 0.533. The Bertz CT molecular complexity index is 518. The minimum atomic E-state index is 0.0164. The highest BCUT2D eigenvalue weighted by molar-refractivity contribution is 5.44. The van der Waals surface area contributed by atoms with E-state index in [9.17, 15) is 0 Å². The second-order valence-corrected chi connectivity index (χ2v) is 5.30. The van der Waals surface area contributed by atoms with Gasteiger partial charge in [-0.3, -0.25) is 9.80 Å². The lowest BCUT2D eigenvalue weighted by Gasteiger charge is -2.35. The zero-order valence-electron chi connectivity index (χ0n) is 11.7. The van der Waals surface area contributed by atoms with Gasteiger partial charge in [0.2, 0.25) is 6.79 Å². The summed E-state index contributed by atoms with van der Waals surface area (Å²) in [5.74, 6) is 1.68. The van der Waals surface area contributed by atoms with E-state index in [2.05, 4.69) is 28.0 Å². The van der Waals surface area contributed by atoms with Crippen LogP contribution in [0.1, 0.15) is 12.5 Å². The molecule has 0 amide bonds. The Hall–Kier alpha value is -1.77. The van der Waals surface area contributed by atoms with Crippen molar-refractivity contribution in [2.45, 2.75) is 19.5 Å². The van der Waals surface area contributed by atoms with Crippen LogP contribution < -0.4 is 9.47 Å². The van der Waals surface area contributed by atoms with E-state index in [0.29, 0.717) is 6.79 Å². The average molecular weight is 273 g/mol. The Balaban J connectivity index is 1.56. The van der Waals surface area contributed by atoms with Gasteiger partial charge in [0.05, 0.1) is 12.1 Å². The Labute approximate surface area is 119 Å². The van der Waals surface area contributed by atoms with Crippen molar-refractivity contribution < 1.29 is 9.47 Å². The first-order valence-corrected chi connectivity index (χ1v) is 7.01. The molecule has 20 heavy (non-hydrogen) atoms. The van der Waals surface area contributed by atoms with Gasteiger partial charge in [-0.2, -0.15) is 5.26 Å². The van der Waals surface area contributed by atoms with Crippen LogP contribution in [0.2, 0.25) is 0 Å². The van der Waals surface area contributed by atoms with E-state index in [1.807, 2.05) is 13.0 Å². The number of ether oxygens (including phenoxy) is 2. The molecule has 1 aromatic rings. The lowest BCUT2D eigenvalue weighted by atomic mass is 10.1. The summed E-state index contributed by atoms with van der Waals surface area (Å²) in [5, 5.41) is 8.95. The predicted octanol–water partition coefficient (Wildman–Crippen LogP) is 1.44. The first-order chi connectivity index (χ1) is 9.76. The molecule has 0 saturated carbocycles. The third kappa shape index (κ3) is 2.72. The van der Waals surface area contributed by atoms with Crippen LogP contribution in [0.3, 0.4) is 0 Å². The van der Waals surface area contributed by atoms with Gasteiger partial charge in [-0.1, -0.05) is 6.07 Å². The quantitative estimate of drug-likeness (QED) is 0.834. The predicted molar refractivity (Wildman–Crippen MR) is 74.5 cm³/mol. The van der Waals surface area contributed by atoms with Crippen molar-refractivity contribution in [1.82, 2.24) is 9.80 Å². The maximum Gasteiger partial charge on any atom is 0.231 e. The van der Waals surface area contributed by atoms with Crippen LogP contribution in [0.15, 0.2) is 18.2 Å². The van der Waals surface area contributed by atoms with E-state index >= 15 is 0 Å². The summed E-state index contributed by atoms with van der Waals surface area (Å²) in [6.45, 7) is 7.13. The van der Waals surface area contributed by atoms with Crippen LogP contribution in [0.4, 0.5) is 0 Å². The second-order valence-electron chi connectivity index (χ2n) is 5.30. The smallest absolute Gasteiger partial charge is 0.231 e. The summed E-state index contributed by atoms with van der Waals surface area (Å²) in [6, 6.07) is 8.46. The van der Waals surface area contributed by atoms with Gasteiger partial charge in [0, 0.05) is 32.7 Å². The van der Waals surface area contributed by atoms with E-state index in [4.69, 9.17) is 14.7 Å². The van der Waals surface area contributed by atoms with E-state index in [-0.39, 0.29) is 6.04 Å². The van der Waals surface area contributed by atoms with E-state index in [1.165, 1.54) is 5.56 Å². The monoisotopic (exact) mass is 273 g/mol. The fourth-order valence-electron chi connectivity index (χ4n) is 2.69. The molecule has 1 saturated heterocycles. The maximum absolute atomic E-state index is 8.95. The summed E-state index contributed by atoms with van der Waals surface area (Å²) in [5.41, 5.74) is 1.25. The molecule has 0 N–H and O–H groups in total. The molecule has 1 fully saturated rings. The summed E-state index contributed by atoms with van der Waals surface area (Å²) in [4.78, 5) is 4.65. The molecule has 5 nitrogen and oxygen atoms in total. The largest absolute Gasteiger partial charge is 0.454 e. The molecule has 106 valence electrons. The summed E-state index contributed by atoms with van der Waals surface area (Å²) >= 11 is 0. The molecule has 0 aliphatic carbocycles. The molecule has 0 unspecified atom stereocenters. The van der Waals surface area contributed by atoms with Crippen LogP contribution in [0.25, 0.3) is 0 Å². The van der Waals surface area contributed by atoms with Crippen molar-refractivity contribution in [3.63, 3.8) is 0 Å². The zero-order valence-corrected chi connectivity index (χ0v) is 11.7. The topological polar surface area (TPSA) is 48.7 Å². The van der Waals surface area contributed by atoms with Gasteiger partial charge in [-0.25, -0.2) is 0 Å². The minimum Gasteiger partial charge on any atom is -0.454 e. The fourth-order valence-corrected chi connectivity index (χ4v) is 2.69. The molecule has 0 radical (unpaired) electrons. The zero-order chi connectivity index (χ0) is 13.9. The third-order valence-electron chi connectivity index (χ3n) is 3.98. The minimum absolute atomic E-state index is 0.0164. The number of nitriles is 1. The van der Waals surface area contributed by atoms with Gasteiger partial charge in [0.25, 0.3) is 0 Å². The number of benzene rings is 1. The lowest BCUT2D eigenvalue weighted by Crippen LogP contribution is -2.48. The standard InChI is InChI=1S/C15H19N3O2/c1-12(9-16)18-6-4-17(5-7-18)10-13-2-3-14-15(8-13)20-11-19-14/h2-3,8,12H,4-7,10-11H2,1H3/t12-/m1/s1. The number of nitrogens with zero attached hydrogens (tertiary/aromatic N) is 3. The van der Waals surface area contributed by atoms with Crippen LogP contribution in [-0.2, 0) is 6.54 Å². The van der Waals surface area contributed by atoms with Crippen molar-refractivity contribution in [1.29, 1.82) is 5.26 Å². The highest BCUT2D eigenvalue weighted by atomic mass is 16.7. The van der Waals surface area contributed by atoms with E-state index in [0.717, 1.165) is 44.2 Å². The van der Waals surface area contributed by atoms with Crippen LogP contribution in [-0.4, -0.2) is 48.8 Å². The van der Waals surface area contributed by atoms with Gasteiger partial charge in [0.15, 0.2) is 11.5 Å². The van der Waals surface area contributed by atoms with E-state index in [1.54, 1.807) is 0 Å². The van der Waals surface area contributed by atoms with Crippen molar-refractivity contribution >= 4 is 0 Å². The van der Waals surface area contributed by atoms with Crippen LogP contribution >= 0.6 is 0 Å². The molecule has 5 heteroatoms. The highest BCUT2D eigenvalue weighted by Crippen LogP contribution is 2.32. The number of rotatable bonds is 3. The summed E-state index contributed by atoms with van der Waals surface area (Å²) in [6.07, 6.45) is 0. The SMILES string of the molecule is C[C@H](C#N)N1CCN(Cc2ccc3c(c2)OCO3)CC1. The molecular formula is C15H19N3O2. The molecule has 2 heterocycles. The summed E-state index contributed by atoms with van der Waals surface area (Å²) < 4.78 is 10.7. The van der Waals surface area contributed by atoms with Crippen molar-refractivity contribution in [2.24, 2.45) is 0 Å². The molecular weight excluding hydrogens is 254 g/mol. The first-order valence-electron chi connectivity index (χ1n) is 7.01. The number of hydrogen-bond donors (Lipinski definition) is 0. The summed E-state index contributed by atoms with van der Waals surface area (Å²) in [7, 11) is 0. The Morgan fingerprint density at radius 3 is 2.70 bits per heavy atom. The van der Waals surface area contributed by atoms with Gasteiger partial charge in [0.1, 0.15) is 0 Å². The van der Waals surface area contributed by atoms with Gasteiger partial charge in [-0.15, -0.1) is 0 Å². The molecule has 1 aromatic carbocycles. The Morgan fingerprint density at radius 1 is 1.20 bits per heavy atom. The van der Waals surface area contributed by atoms with Gasteiger partial charge < -0.3 is 9.47 Å². The van der Waals surface area contributed by atoms with Crippen LogP contribution in [0.5, 0.6) is 11.5 Å². The third-order valence-corrected chi connectivity index (χ3v) is 3.98. The average Bonchev–Trinajstić information content (AvgIpc) is 2.95. The normalized spacial score (nSPS) is 20.6. The first kappa shape index (κ1) is 13.2. The Kier molecular flexibility index (Phi) is 3.77. The molecule has 1 atom stereocenters. The van der Waals surface area contributed by atoms with Crippen molar-refractivity contribution in [2.75, 3.05) is 33.0 Å². The van der Waals surface area contributed by atoms with Crippen molar-refractivity contribution in [3.05, 3.63) is 23.8 Å². The highest BCUT2D eigenvalue weighted by Gasteiger charge is 2.21. The number of fused-ring (bicyclic) bond motifs is 1. The number of piperazine rings is 1. The van der Waals surface area contributed by atoms with Crippen LogP contribution in [0, 0.1) is 11.3 Å². The molecule has 0 spiro atoms. The lowest BCUT2D eigenvalue weighted by molar-refractivity contribution is 0.114. The molecule has 2 aliphatic heterocycles. The molecule has 2 aliphatic rings. The van der Waals surface area contributed by atoms with Gasteiger partial charge >= 0.3 is 0 Å². The molecule has 0 aromatic heterocycles. The Morgan fingerprint density at radius 2 is 1.95 bits per heavy atom. The van der Waals surface area contributed by atoms with E-state index < -0.39 is 0 Å². The molecule has 0 bridgehead atoms. The molecule has 3 rings (SSSR count). The van der Waals surface area contributed by atoms with Crippen molar-refractivity contribution in [3.8, 4) is 17.6 Å². The van der Waals surface area contributed by atoms with Gasteiger partial charge in [-0.05, 0) is 24.6 Å². The number of hydrogen-bond acceptors (Lipinski definition) is 5. The second kappa shape index (κ2) is 5.70. The maximum atomic E-state index is 8.95.